The van der Waals surface area contributed by atoms with Gasteiger partial charge in [-0.15, -0.1) is 0 Å². The molecule has 0 spiro atoms. The minimum Gasteiger partial charge on any atom is -0.383 e. The highest BCUT2D eigenvalue weighted by atomic mass is 32.2. The van der Waals surface area contributed by atoms with E-state index in [2.05, 4.69) is 10.6 Å². The predicted molar refractivity (Wildman–Crippen MR) is 86.1 cm³/mol. The molecule has 2 rings (SSSR count). The zero-order chi connectivity index (χ0) is 16.9. The van der Waals surface area contributed by atoms with Crippen LogP contribution in [-0.2, 0) is 14.8 Å². The third-order valence-electron chi connectivity index (χ3n) is 3.56. The van der Waals surface area contributed by atoms with Crippen molar-refractivity contribution in [1.29, 1.82) is 5.26 Å². The quantitative estimate of drug-likeness (QED) is 0.539. The van der Waals surface area contributed by atoms with E-state index in [1.807, 2.05) is 6.07 Å². The van der Waals surface area contributed by atoms with Crippen molar-refractivity contribution in [2.75, 3.05) is 32.0 Å². The Bertz CT molecular complexity index is 690. The standard InChI is InChI=1S/C15H20N4O3S/c1-19(11-8-16)23(21,22)14-6-4-13(5-7-14)17-9-10-18-15(20)12-2-3-12/h4-7,12,17H,2-3,9-11H2,1H3,(H,18,20). The lowest BCUT2D eigenvalue weighted by atomic mass is 10.3. The van der Waals surface area contributed by atoms with E-state index in [-0.39, 0.29) is 23.3 Å². The van der Waals surface area contributed by atoms with Crippen LogP contribution in [0.3, 0.4) is 0 Å². The number of carbonyl (C=O) groups excluding carboxylic acids is 1. The Labute approximate surface area is 136 Å². The first-order chi connectivity index (χ1) is 10.9. The second kappa shape index (κ2) is 7.44. The first kappa shape index (κ1) is 17.2. The van der Waals surface area contributed by atoms with E-state index in [1.165, 1.54) is 19.2 Å². The number of carbonyl (C=O) groups is 1. The Balaban J connectivity index is 1.84. The highest BCUT2D eigenvalue weighted by molar-refractivity contribution is 7.89. The van der Waals surface area contributed by atoms with Crippen LogP contribution in [0.15, 0.2) is 29.2 Å². The van der Waals surface area contributed by atoms with Gasteiger partial charge in [0.25, 0.3) is 0 Å². The topological polar surface area (TPSA) is 102 Å². The molecule has 0 unspecified atom stereocenters. The summed E-state index contributed by atoms with van der Waals surface area (Å²) < 4.78 is 25.3. The molecule has 1 fully saturated rings. The van der Waals surface area contributed by atoms with Crippen LogP contribution < -0.4 is 10.6 Å². The lowest BCUT2D eigenvalue weighted by molar-refractivity contribution is -0.122. The molecule has 23 heavy (non-hydrogen) atoms. The van der Waals surface area contributed by atoms with E-state index in [1.54, 1.807) is 12.1 Å². The van der Waals surface area contributed by atoms with Gasteiger partial charge < -0.3 is 10.6 Å². The van der Waals surface area contributed by atoms with Gasteiger partial charge in [0, 0.05) is 31.7 Å². The Morgan fingerprint density at radius 2 is 1.96 bits per heavy atom. The monoisotopic (exact) mass is 336 g/mol. The predicted octanol–water partition coefficient (Wildman–Crippen LogP) is 0.769. The van der Waals surface area contributed by atoms with E-state index in [0.717, 1.165) is 22.8 Å². The molecule has 0 atom stereocenters. The molecule has 2 N–H and O–H groups in total. The fourth-order valence-corrected chi connectivity index (χ4v) is 3.06. The number of amides is 1. The second-order valence-electron chi connectivity index (χ2n) is 5.44. The van der Waals surface area contributed by atoms with Gasteiger partial charge in [-0.05, 0) is 37.1 Å². The maximum atomic E-state index is 12.1. The number of rotatable bonds is 8. The van der Waals surface area contributed by atoms with Gasteiger partial charge in [0.15, 0.2) is 0 Å². The second-order valence-corrected chi connectivity index (χ2v) is 7.48. The van der Waals surface area contributed by atoms with Gasteiger partial charge in [0.05, 0.1) is 11.0 Å². The zero-order valence-electron chi connectivity index (χ0n) is 12.9. The van der Waals surface area contributed by atoms with Gasteiger partial charge in [-0.1, -0.05) is 0 Å². The average Bonchev–Trinajstić information content (AvgIpc) is 3.37. The van der Waals surface area contributed by atoms with Crippen molar-refractivity contribution in [2.24, 2.45) is 5.92 Å². The molecule has 0 saturated heterocycles. The van der Waals surface area contributed by atoms with Crippen molar-refractivity contribution in [3.05, 3.63) is 24.3 Å². The van der Waals surface area contributed by atoms with Gasteiger partial charge in [-0.2, -0.15) is 9.57 Å². The third kappa shape index (κ3) is 4.68. The normalized spacial score (nSPS) is 14.3. The molecule has 0 radical (unpaired) electrons. The average molecular weight is 336 g/mol. The van der Waals surface area contributed by atoms with E-state index in [0.29, 0.717) is 13.1 Å². The van der Waals surface area contributed by atoms with Crippen molar-refractivity contribution in [3.8, 4) is 6.07 Å². The summed E-state index contributed by atoms with van der Waals surface area (Å²) in [5, 5.41) is 14.6. The SMILES string of the molecule is CN(CC#N)S(=O)(=O)c1ccc(NCCNC(=O)C2CC2)cc1. The van der Waals surface area contributed by atoms with Crippen molar-refractivity contribution in [2.45, 2.75) is 17.7 Å². The van der Waals surface area contributed by atoms with Crippen molar-refractivity contribution >= 4 is 21.6 Å². The van der Waals surface area contributed by atoms with Gasteiger partial charge in [-0.25, -0.2) is 8.42 Å². The summed E-state index contributed by atoms with van der Waals surface area (Å²) in [5.74, 6) is 0.304. The Morgan fingerprint density at radius 3 is 2.52 bits per heavy atom. The molecule has 1 aliphatic rings. The summed E-state index contributed by atoms with van der Waals surface area (Å²) in [6, 6.07) is 8.12. The first-order valence-corrected chi connectivity index (χ1v) is 8.84. The molecule has 1 aromatic carbocycles. The minimum absolute atomic E-state index is 0.105. The molecule has 8 heteroatoms. The van der Waals surface area contributed by atoms with Crippen LogP contribution in [0, 0.1) is 17.2 Å². The van der Waals surface area contributed by atoms with E-state index < -0.39 is 10.0 Å². The van der Waals surface area contributed by atoms with Gasteiger partial charge >= 0.3 is 0 Å². The number of anilines is 1. The van der Waals surface area contributed by atoms with Crippen LogP contribution in [0.1, 0.15) is 12.8 Å². The minimum atomic E-state index is -3.63. The Hall–Kier alpha value is -2.11. The molecule has 0 aromatic heterocycles. The van der Waals surface area contributed by atoms with Gasteiger partial charge in [0.1, 0.15) is 6.54 Å². The summed E-state index contributed by atoms with van der Waals surface area (Å²) in [5.41, 5.74) is 0.771. The van der Waals surface area contributed by atoms with Crippen LogP contribution in [-0.4, -0.2) is 45.3 Å². The number of nitrogens with one attached hydrogen (secondary N) is 2. The summed E-state index contributed by atoms with van der Waals surface area (Å²) in [4.78, 5) is 11.6. The Morgan fingerprint density at radius 1 is 1.30 bits per heavy atom. The molecular formula is C15H20N4O3S. The van der Waals surface area contributed by atoms with Crippen molar-refractivity contribution in [3.63, 3.8) is 0 Å². The molecule has 0 bridgehead atoms. The van der Waals surface area contributed by atoms with Crippen LogP contribution in [0.4, 0.5) is 5.69 Å². The molecule has 7 nitrogen and oxygen atoms in total. The molecule has 1 aliphatic carbocycles. The maximum Gasteiger partial charge on any atom is 0.243 e. The number of benzene rings is 1. The summed E-state index contributed by atoms with van der Waals surface area (Å²) >= 11 is 0. The van der Waals surface area contributed by atoms with Crippen LogP contribution in [0.5, 0.6) is 0 Å². The molecule has 1 saturated carbocycles. The number of hydrogen-bond donors (Lipinski definition) is 2. The zero-order valence-corrected chi connectivity index (χ0v) is 13.8. The van der Waals surface area contributed by atoms with Crippen LogP contribution in [0.25, 0.3) is 0 Å². The van der Waals surface area contributed by atoms with Crippen LogP contribution in [0.2, 0.25) is 0 Å². The van der Waals surface area contributed by atoms with Gasteiger partial charge in [0.2, 0.25) is 15.9 Å². The fourth-order valence-electron chi connectivity index (χ4n) is 1.99. The van der Waals surface area contributed by atoms with E-state index in [9.17, 15) is 13.2 Å². The van der Waals surface area contributed by atoms with Crippen molar-refractivity contribution < 1.29 is 13.2 Å². The molecule has 0 aliphatic heterocycles. The molecule has 124 valence electrons. The molecule has 1 amide bonds. The largest absolute Gasteiger partial charge is 0.383 e. The number of nitriles is 1. The summed E-state index contributed by atoms with van der Waals surface area (Å²) in [6.45, 7) is 0.905. The molecule has 0 heterocycles. The maximum absolute atomic E-state index is 12.1. The molecular weight excluding hydrogens is 316 g/mol. The number of hydrogen-bond acceptors (Lipinski definition) is 5. The van der Waals surface area contributed by atoms with E-state index >= 15 is 0 Å². The third-order valence-corrected chi connectivity index (χ3v) is 5.37. The van der Waals surface area contributed by atoms with E-state index in [4.69, 9.17) is 5.26 Å². The fraction of sp³-hybridized carbons (Fsp3) is 0.467. The lowest BCUT2D eigenvalue weighted by Crippen LogP contribution is -2.29. The number of sulfonamides is 1. The highest BCUT2D eigenvalue weighted by Gasteiger charge is 2.28. The lowest BCUT2D eigenvalue weighted by Gasteiger charge is -2.14. The van der Waals surface area contributed by atoms with Crippen molar-refractivity contribution in [1.82, 2.24) is 9.62 Å². The highest BCUT2D eigenvalue weighted by Crippen LogP contribution is 2.28. The smallest absolute Gasteiger partial charge is 0.243 e. The molecule has 1 aromatic rings. The number of nitrogens with zero attached hydrogens (tertiary/aromatic N) is 2. The summed E-state index contributed by atoms with van der Waals surface area (Å²) in [7, 11) is -2.26. The van der Waals surface area contributed by atoms with Crippen LogP contribution >= 0.6 is 0 Å². The first-order valence-electron chi connectivity index (χ1n) is 7.40. The Kier molecular flexibility index (Phi) is 5.58. The summed E-state index contributed by atoms with van der Waals surface area (Å²) in [6.07, 6.45) is 1.96. The van der Waals surface area contributed by atoms with Gasteiger partial charge in [-0.3, -0.25) is 4.79 Å².